The van der Waals surface area contributed by atoms with Crippen LogP contribution < -0.4 is 5.32 Å². The van der Waals surface area contributed by atoms with Gasteiger partial charge in [0.25, 0.3) is 6.43 Å². The largest absolute Gasteiger partial charge is 0.481 e. The molecule has 1 fully saturated rings. The highest BCUT2D eigenvalue weighted by Gasteiger charge is 2.65. The number of hydrogen-bond acceptors (Lipinski definition) is 2. The van der Waals surface area contributed by atoms with Gasteiger partial charge >= 0.3 is 5.97 Å². The van der Waals surface area contributed by atoms with Crippen LogP contribution in [0.5, 0.6) is 0 Å². The molecule has 1 saturated carbocycles. The first-order valence-corrected chi connectivity index (χ1v) is 4.57. The summed E-state index contributed by atoms with van der Waals surface area (Å²) in [4.78, 5) is 22.0. The Labute approximate surface area is 85.7 Å². The summed E-state index contributed by atoms with van der Waals surface area (Å²) < 4.78 is 23.6. The third kappa shape index (κ3) is 2.24. The normalized spacial score (nSPS) is 27.5. The Morgan fingerprint density at radius 1 is 1.40 bits per heavy atom. The molecule has 2 unspecified atom stereocenters. The number of rotatable bonds is 4. The Kier molecular flexibility index (Phi) is 2.97. The molecule has 0 radical (unpaired) electrons. The van der Waals surface area contributed by atoms with Crippen LogP contribution in [-0.2, 0) is 9.59 Å². The van der Waals surface area contributed by atoms with Gasteiger partial charge in [0.2, 0.25) is 5.91 Å². The van der Waals surface area contributed by atoms with Gasteiger partial charge in [-0.15, -0.1) is 0 Å². The fourth-order valence-corrected chi connectivity index (χ4v) is 1.88. The van der Waals surface area contributed by atoms with Crippen molar-refractivity contribution in [2.24, 2.45) is 17.3 Å². The van der Waals surface area contributed by atoms with Gasteiger partial charge in [-0.3, -0.25) is 9.59 Å². The highest BCUT2D eigenvalue weighted by Crippen LogP contribution is 2.58. The van der Waals surface area contributed by atoms with E-state index >= 15 is 0 Å². The van der Waals surface area contributed by atoms with Crippen molar-refractivity contribution in [1.82, 2.24) is 5.32 Å². The van der Waals surface area contributed by atoms with Crippen LogP contribution in [0.15, 0.2) is 0 Å². The van der Waals surface area contributed by atoms with Crippen LogP contribution in [0.3, 0.4) is 0 Å². The SMILES string of the molecule is CC1(C)C(C(=O)O)C1C(=O)NCC(F)F. The zero-order chi connectivity index (χ0) is 11.8. The number of carboxylic acids is 1. The maximum absolute atomic E-state index is 11.8. The first-order valence-electron chi connectivity index (χ1n) is 4.57. The molecular formula is C9H13F2NO3. The molecule has 0 bridgehead atoms. The molecule has 2 atom stereocenters. The van der Waals surface area contributed by atoms with E-state index < -0.39 is 42.1 Å². The highest BCUT2D eigenvalue weighted by molar-refractivity contribution is 5.91. The number of carboxylic acid groups (broad SMARTS) is 1. The Hall–Kier alpha value is -1.20. The van der Waals surface area contributed by atoms with Crippen LogP contribution in [0.25, 0.3) is 0 Å². The highest BCUT2D eigenvalue weighted by atomic mass is 19.3. The molecule has 15 heavy (non-hydrogen) atoms. The van der Waals surface area contributed by atoms with Crippen molar-refractivity contribution < 1.29 is 23.5 Å². The molecule has 4 nitrogen and oxygen atoms in total. The molecule has 0 spiro atoms. The zero-order valence-electron chi connectivity index (χ0n) is 8.46. The maximum Gasteiger partial charge on any atom is 0.307 e. The minimum absolute atomic E-state index is 0.604. The fourth-order valence-electron chi connectivity index (χ4n) is 1.88. The molecule has 0 aromatic carbocycles. The van der Waals surface area contributed by atoms with Crippen molar-refractivity contribution in [2.45, 2.75) is 20.3 Å². The van der Waals surface area contributed by atoms with Crippen LogP contribution in [0, 0.1) is 17.3 Å². The minimum atomic E-state index is -2.61. The molecule has 0 aliphatic heterocycles. The first kappa shape index (κ1) is 11.9. The fraction of sp³-hybridized carbons (Fsp3) is 0.778. The van der Waals surface area contributed by atoms with Crippen molar-refractivity contribution in [3.63, 3.8) is 0 Å². The molecule has 1 amide bonds. The van der Waals surface area contributed by atoms with Crippen LogP contribution in [0.4, 0.5) is 8.78 Å². The summed E-state index contributed by atoms with van der Waals surface area (Å²) in [5, 5.41) is 10.8. The Balaban J connectivity index is 2.53. The third-order valence-electron chi connectivity index (χ3n) is 2.81. The number of alkyl halides is 2. The number of hydrogen-bond donors (Lipinski definition) is 2. The Bertz CT molecular complexity index is 291. The molecule has 0 heterocycles. The average molecular weight is 221 g/mol. The van der Waals surface area contributed by atoms with Crippen molar-refractivity contribution in [2.75, 3.05) is 6.54 Å². The lowest BCUT2D eigenvalue weighted by Crippen LogP contribution is -2.31. The Morgan fingerprint density at radius 2 is 1.93 bits per heavy atom. The standard InChI is InChI=1S/C9H13F2NO3/c1-9(2)5(6(9)8(14)15)7(13)12-3-4(10)11/h4-6H,3H2,1-2H3,(H,12,13)(H,14,15). The molecule has 1 aliphatic rings. The lowest BCUT2D eigenvalue weighted by molar-refractivity contribution is -0.140. The van der Waals surface area contributed by atoms with Crippen molar-refractivity contribution in [3.8, 4) is 0 Å². The van der Waals surface area contributed by atoms with E-state index in [0.717, 1.165) is 0 Å². The quantitative estimate of drug-likeness (QED) is 0.735. The van der Waals surface area contributed by atoms with Crippen molar-refractivity contribution >= 4 is 11.9 Å². The van der Waals surface area contributed by atoms with E-state index in [1.54, 1.807) is 13.8 Å². The maximum atomic E-state index is 11.8. The second-order valence-corrected chi connectivity index (χ2v) is 4.25. The summed E-state index contributed by atoms with van der Waals surface area (Å²) in [7, 11) is 0. The van der Waals surface area contributed by atoms with E-state index in [-0.39, 0.29) is 0 Å². The number of amides is 1. The molecular weight excluding hydrogens is 208 g/mol. The smallest absolute Gasteiger partial charge is 0.307 e. The number of carbonyl (C=O) groups excluding carboxylic acids is 1. The molecule has 1 aliphatic carbocycles. The predicted molar refractivity (Wildman–Crippen MR) is 47.4 cm³/mol. The van der Waals surface area contributed by atoms with Crippen LogP contribution in [0.1, 0.15) is 13.8 Å². The summed E-state index contributed by atoms with van der Waals surface area (Å²) in [5.74, 6) is -3.13. The van der Waals surface area contributed by atoms with Crippen LogP contribution >= 0.6 is 0 Å². The molecule has 0 aromatic heterocycles. The number of carbonyl (C=O) groups is 2. The molecule has 2 N–H and O–H groups in total. The van der Waals surface area contributed by atoms with Crippen LogP contribution in [0.2, 0.25) is 0 Å². The van der Waals surface area contributed by atoms with Gasteiger partial charge in [-0.25, -0.2) is 8.78 Å². The molecule has 0 aromatic rings. The summed E-state index contributed by atoms with van der Waals surface area (Å²) in [6.07, 6.45) is -2.61. The monoisotopic (exact) mass is 221 g/mol. The van der Waals surface area contributed by atoms with E-state index in [1.165, 1.54) is 0 Å². The number of aliphatic carboxylic acids is 1. The average Bonchev–Trinajstić information content (AvgIpc) is 2.65. The van der Waals surface area contributed by atoms with Crippen molar-refractivity contribution in [1.29, 1.82) is 0 Å². The molecule has 6 heteroatoms. The van der Waals surface area contributed by atoms with E-state index in [2.05, 4.69) is 0 Å². The lowest BCUT2D eigenvalue weighted by Gasteiger charge is -2.04. The minimum Gasteiger partial charge on any atom is -0.481 e. The van der Waals surface area contributed by atoms with Gasteiger partial charge in [0.05, 0.1) is 18.4 Å². The lowest BCUT2D eigenvalue weighted by atomic mass is 10.1. The van der Waals surface area contributed by atoms with Crippen LogP contribution in [-0.4, -0.2) is 30.0 Å². The Morgan fingerprint density at radius 3 is 2.27 bits per heavy atom. The second-order valence-electron chi connectivity index (χ2n) is 4.25. The third-order valence-corrected chi connectivity index (χ3v) is 2.81. The molecule has 86 valence electrons. The molecule has 0 saturated heterocycles. The van der Waals surface area contributed by atoms with Crippen molar-refractivity contribution in [3.05, 3.63) is 0 Å². The predicted octanol–water partition coefficient (Wildman–Crippen LogP) is 0.724. The van der Waals surface area contributed by atoms with E-state index in [0.29, 0.717) is 0 Å². The van der Waals surface area contributed by atoms with Gasteiger partial charge in [0.1, 0.15) is 0 Å². The van der Waals surface area contributed by atoms with E-state index in [4.69, 9.17) is 5.11 Å². The second kappa shape index (κ2) is 3.75. The molecule has 1 rings (SSSR count). The topological polar surface area (TPSA) is 66.4 Å². The summed E-state index contributed by atoms with van der Waals surface area (Å²) in [6, 6.07) is 0. The summed E-state index contributed by atoms with van der Waals surface area (Å²) in [5.41, 5.74) is -0.641. The van der Waals surface area contributed by atoms with Gasteiger partial charge in [0.15, 0.2) is 0 Å². The number of nitrogens with one attached hydrogen (secondary N) is 1. The van der Waals surface area contributed by atoms with Gasteiger partial charge in [0, 0.05) is 0 Å². The summed E-state index contributed by atoms with van der Waals surface area (Å²) in [6.45, 7) is 2.55. The van der Waals surface area contributed by atoms with E-state index in [9.17, 15) is 18.4 Å². The zero-order valence-corrected chi connectivity index (χ0v) is 8.46. The van der Waals surface area contributed by atoms with E-state index in [1.807, 2.05) is 5.32 Å². The van der Waals surface area contributed by atoms with Gasteiger partial charge in [-0.05, 0) is 5.41 Å². The first-order chi connectivity index (χ1) is 6.78. The summed E-state index contributed by atoms with van der Waals surface area (Å²) >= 11 is 0. The van der Waals surface area contributed by atoms with Gasteiger partial charge < -0.3 is 10.4 Å². The van der Waals surface area contributed by atoms with Gasteiger partial charge in [-0.1, -0.05) is 13.8 Å². The van der Waals surface area contributed by atoms with Gasteiger partial charge in [-0.2, -0.15) is 0 Å². The number of halogens is 2.